The van der Waals surface area contributed by atoms with Crippen LogP contribution in [0.2, 0.25) is 0 Å². The van der Waals surface area contributed by atoms with Crippen LogP contribution in [0.4, 0.5) is 0 Å². The van der Waals surface area contributed by atoms with E-state index in [1.165, 1.54) is 0 Å². The maximum Gasteiger partial charge on any atom is 0.540 e. The van der Waals surface area contributed by atoms with Crippen LogP contribution in [0.1, 0.15) is 34.6 Å². The molecule has 6 heteroatoms. The number of hydrogen-bond donors (Lipinski definition) is 0. The third-order valence-electron chi connectivity index (χ3n) is 1.59. The van der Waals surface area contributed by atoms with Gasteiger partial charge in [-0.2, -0.15) is 0 Å². The average molecular weight is 266 g/mol. The molecule has 0 amide bonds. The quantitative estimate of drug-likeness (QED) is 0.522. The molecule has 0 aromatic carbocycles. The molecule has 4 nitrogen and oxygen atoms in total. The van der Waals surface area contributed by atoms with Crippen molar-refractivity contribution in [3.63, 3.8) is 0 Å². The fourth-order valence-electron chi connectivity index (χ4n) is 1.16. The van der Waals surface area contributed by atoms with Gasteiger partial charge in [0.25, 0.3) is 0 Å². The number of thiocarbonyl (C=S) groups is 1. The van der Waals surface area contributed by atoms with Crippen molar-refractivity contribution in [1.29, 1.82) is 0 Å². The van der Waals surface area contributed by atoms with E-state index in [9.17, 15) is 0 Å². The summed E-state index contributed by atoms with van der Waals surface area (Å²) in [6.45, 7) is 9.47. The monoisotopic (exact) mass is 266 g/mol. The van der Waals surface area contributed by atoms with Crippen LogP contribution >= 0.6 is 12.2 Å². The molecule has 0 aliphatic rings. The zero-order chi connectivity index (χ0) is 12.8. The van der Waals surface area contributed by atoms with Crippen LogP contribution in [0.15, 0.2) is 0 Å². The summed E-state index contributed by atoms with van der Waals surface area (Å²) in [4.78, 5) is 0. The van der Waals surface area contributed by atoms with Crippen molar-refractivity contribution in [3.05, 3.63) is 0 Å². The molecular weight excluding hydrogens is 244 g/mol. The number of rotatable bonds is 7. The lowest BCUT2D eigenvalue weighted by atomic mass is 10.5. The van der Waals surface area contributed by atoms with Crippen LogP contribution in [0, 0.1) is 0 Å². The summed E-state index contributed by atoms with van der Waals surface area (Å²) in [5, 5.41) is 0.466. The van der Waals surface area contributed by atoms with Crippen LogP contribution < -0.4 is 0 Å². The van der Waals surface area contributed by atoms with E-state index in [-0.39, 0.29) is 18.4 Å². The van der Waals surface area contributed by atoms with E-state index in [1.807, 2.05) is 27.7 Å². The second-order valence-corrected chi connectivity index (χ2v) is 7.11. The first-order valence-corrected chi connectivity index (χ1v) is 7.69. The number of hydrogen-bond acceptors (Lipinski definition) is 5. The molecule has 0 aliphatic heterocycles. The molecule has 0 atom stereocenters. The highest BCUT2D eigenvalue weighted by Gasteiger charge is 2.43. The minimum absolute atomic E-state index is 0.0272. The molecule has 0 saturated carbocycles. The van der Waals surface area contributed by atoms with E-state index in [0.717, 1.165) is 0 Å². The lowest BCUT2D eigenvalue weighted by Gasteiger charge is -2.31. The Balaban J connectivity index is 4.59. The van der Waals surface area contributed by atoms with Crippen molar-refractivity contribution in [2.75, 3.05) is 13.3 Å². The van der Waals surface area contributed by atoms with E-state index in [0.29, 0.717) is 5.05 Å². The van der Waals surface area contributed by atoms with E-state index in [1.54, 1.807) is 14.0 Å². The Bertz CT molecular complexity index is 211. The second-order valence-electron chi connectivity index (χ2n) is 4.00. The Morgan fingerprint density at radius 1 is 1.12 bits per heavy atom. The topological polar surface area (TPSA) is 36.9 Å². The minimum atomic E-state index is -2.77. The largest absolute Gasteiger partial charge is 0.540 e. The lowest BCUT2D eigenvalue weighted by Crippen LogP contribution is -2.53. The normalized spacial score (nSPS) is 12.2. The molecule has 0 aromatic heterocycles. The van der Waals surface area contributed by atoms with E-state index >= 15 is 0 Å². The molecule has 0 radical (unpaired) electrons. The van der Waals surface area contributed by atoms with Crippen molar-refractivity contribution >= 4 is 26.1 Å². The highest BCUT2D eigenvalue weighted by Crippen LogP contribution is 2.15. The molecule has 0 unspecified atom stereocenters. The Kier molecular flexibility index (Phi) is 7.33. The van der Waals surface area contributed by atoms with Gasteiger partial charge in [-0.05, 0) is 39.9 Å². The molecule has 0 saturated heterocycles. The lowest BCUT2D eigenvalue weighted by molar-refractivity contribution is 0.0182. The molecule has 0 rings (SSSR count). The minimum Gasteiger partial charge on any atom is -0.483 e. The Hall–Kier alpha value is -0.0131. The van der Waals surface area contributed by atoms with Gasteiger partial charge in [-0.1, -0.05) is 0 Å². The fourth-order valence-corrected chi connectivity index (χ4v) is 3.65. The van der Waals surface area contributed by atoms with E-state index in [2.05, 4.69) is 0 Å². The summed E-state index contributed by atoms with van der Waals surface area (Å²) in [5.74, 6) is 0. The Morgan fingerprint density at radius 3 is 1.81 bits per heavy atom. The molecule has 0 N–H and O–H groups in total. The molecule has 0 aliphatic carbocycles. The van der Waals surface area contributed by atoms with Gasteiger partial charge >= 0.3 is 8.80 Å². The second kappa shape index (κ2) is 7.34. The smallest absolute Gasteiger partial charge is 0.483 e. The van der Waals surface area contributed by atoms with Gasteiger partial charge in [-0.3, -0.25) is 0 Å². The van der Waals surface area contributed by atoms with Gasteiger partial charge in [0.15, 0.2) is 11.3 Å². The zero-order valence-electron chi connectivity index (χ0n) is 10.9. The first-order valence-electron chi connectivity index (χ1n) is 5.35. The summed E-state index contributed by atoms with van der Waals surface area (Å²) >= 11 is 4.87. The standard InChI is InChI=1S/C10H22O4SSi/c1-8(2)13-16(11-6,14-9(3)4)7-12-10(5)15/h8-9H,7H2,1-6H3. The van der Waals surface area contributed by atoms with E-state index in [4.69, 9.17) is 30.2 Å². The SMILES string of the molecule is CO[Si](COC(C)=S)(OC(C)C)OC(C)C. The van der Waals surface area contributed by atoms with Crippen LogP contribution in [-0.2, 0) is 18.0 Å². The van der Waals surface area contributed by atoms with Gasteiger partial charge in [0, 0.05) is 26.2 Å². The van der Waals surface area contributed by atoms with Crippen LogP contribution in [0.5, 0.6) is 0 Å². The van der Waals surface area contributed by atoms with Crippen molar-refractivity contribution < 1.29 is 18.0 Å². The van der Waals surface area contributed by atoms with Gasteiger partial charge < -0.3 is 18.0 Å². The van der Waals surface area contributed by atoms with Crippen LogP contribution in [0.25, 0.3) is 0 Å². The Labute approximate surface area is 105 Å². The summed E-state index contributed by atoms with van der Waals surface area (Å²) in [6, 6.07) is 0. The fraction of sp³-hybridized carbons (Fsp3) is 0.900. The zero-order valence-corrected chi connectivity index (χ0v) is 12.7. The highest BCUT2D eigenvalue weighted by molar-refractivity contribution is 7.80. The van der Waals surface area contributed by atoms with Gasteiger partial charge in [0.2, 0.25) is 0 Å². The first-order chi connectivity index (χ1) is 7.31. The highest BCUT2D eigenvalue weighted by atomic mass is 32.1. The maximum atomic E-state index is 5.76. The Morgan fingerprint density at radius 2 is 1.56 bits per heavy atom. The molecule has 0 aromatic rings. The van der Waals surface area contributed by atoms with E-state index < -0.39 is 8.80 Å². The predicted molar refractivity (Wildman–Crippen MR) is 69.4 cm³/mol. The van der Waals surface area contributed by atoms with Crippen molar-refractivity contribution in [1.82, 2.24) is 0 Å². The predicted octanol–water partition coefficient (Wildman–Crippen LogP) is 2.32. The van der Waals surface area contributed by atoms with Gasteiger partial charge in [0.1, 0.15) is 0 Å². The summed E-state index contributed by atoms with van der Waals surface area (Å²) in [5.41, 5.74) is 0. The number of ether oxygens (including phenoxy) is 1. The summed E-state index contributed by atoms with van der Waals surface area (Å²) in [7, 11) is -1.19. The average Bonchev–Trinajstić information content (AvgIpc) is 2.12. The molecule has 0 spiro atoms. The van der Waals surface area contributed by atoms with Crippen molar-refractivity contribution in [2.45, 2.75) is 46.8 Å². The summed E-state index contributed by atoms with van der Waals surface area (Å²) in [6.07, 6.45) is 0.314. The van der Waals surface area contributed by atoms with Crippen LogP contribution in [-0.4, -0.2) is 39.4 Å². The molecule has 96 valence electrons. The first kappa shape index (κ1) is 16.0. The van der Waals surface area contributed by atoms with Crippen LogP contribution in [0.3, 0.4) is 0 Å². The van der Waals surface area contributed by atoms with Gasteiger partial charge in [-0.25, -0.2) is 0 Å². The third kappa shape index (κ3) is 6.54. The molecular formula is C10H22O4SSi. The molecule has 0 fully saturated rings. The molecule has 16 heavy (non-hydrogen) atoms. The van der Waals surface area contributed by atoms with Gasteiger partial charge in [-0.15, -0.1) is 0 Å². The maximum absolute atomic E-state index is 5.76. The van der Waals surface area contributed by atoms with Crippen molar-refractivity contribution in [3.8, 4) is 0 Å². The molecule has 0 bridgehead atoms. The third-order valence-corrected chi connectivity index (χ3v) is 4.49. The molecule has 0 heterocycles. The van der Waals surface area contributed by atoms with Gasteiger partial charge in [0.05, 0.1) is 0 Å². The summed E-state index contributed by atoms with van der Waals surface area (Å²) < 4.78 is 22.3. The van der Waals surface area contributed by atoms with Crippen molar-refractivity contribution in [2.24, 2.45) is 0 Å².